The van der Waals surface area contributed by atoms with Crippen molar-refractivity contribution in [2.45, 2.75) is 25.3 Å². The van der Waals surface area contributed by atoms with Crippen LogP contribution in [0, 0.1) is 5.92 Å². The highest BCUT2D eigenvalue weighted by Gasteiger charge is 2.32. The number of hydrogen-bond donors (Lipinski definition) is 1. The second-order valence-electron chi connectivity index (χ2n) is 6.56. The number of rotatable bonds is 5. The molecule has 0 aromatic heterocycles. The highest BCUT2D eigenvalue weighted by atomic mass is 16.2. The lowest BCUT2D eigenvalue weighted by atomic mass is 10.00. The van der Waals surface area contributed by atoms with Crippen molar-refractivity contribution in [2.75, 3.05) is 60.4 Å². The number of hydrogen-bond acceptors (Lipinski definition) is 4. The van der Waals surface area contributed by atoms with Gasteiger partial charge in [0.2, 0.25) is 5.91 Å². The van der Waals surface area contributed by atoms with Gasteiger partial charge in [0, 0.05) is 25.7 Å². The van der Waals surface area contributed by atoms with Gasteiger partial charge in [-0.2, -0.15) is 0 Å². The standard InChI is InChI=1S/C15H30N4O/c1-17(2)10-11-19(14-5-8-18(3)9-6-14)15(20)13-4-7-16-12-13/h13-14,16H,4-12H2,1-3H3. The van der Waals surface area contributed by atoms with Crippen LogP contribution in [0.5, 0.6) is 0 Å². The lowest BCUT2D eigenvalue weighted by molar-refractivity contribution is -0.138. The minimum atomic E-state index is 0.205. The van der Waals surface area contributed by atoms with Crippen LogP contribution < -0.4 is 5.32 Å². The van der Waals surface area contributed by atoms with E-state index in [1.165, 1.54) is 0 Å². The van der Waals surface area contributed by atoms with E-state index in [1.807, 2.05) is 0 Å². The van der Waals surface area contributed by atoms with Crippen molar-refractivity contribution in [2.24, 2.45) is 5.92 Å². The van der Waals surface area contributed by atoms with E-state index in [-0.39, 0.29) is 5.92 Å². The van der Waals surface area contributed by atoms with Crippen LogP contribution in [0.2, 0.25) is 0 Å². The number of likely N-dealkylation sites (tertiary alicyclic amines) is 1. The summed E-state index contributed by atoms with van der Waals surface area (Å²) in [5.41, 5.74) is 0. The summed E-state index contributed by atoms with van der Waals surface area (Å²) in [5, 5.41) is 3.32. The highest BCUT2D eigenvalue weighted by molar-refractivity contribution is 5.79. The second kappa shape index (κ2) is 7.38. The molecule has 2 saturated heterocycles. The number of amides is 1. The molecule has 5 heteroatoms. The molecule has 0 bridgehead atoms. The first-order valence-electron chi connectivity index (χ1n) is 7.92. The van der Waals surface area contributed by atoms with Crippen LogP contribution in [0.4, 0.5) is 0 Å². The maximum atomic E-state index is 12.8. The van der Waals surface area contributed by atoms with E-state index in [0.29, 0.717) is 11.9 Å². The predicted octanol–water partition coefficient (Wildman–Crippen LogP) is 0.0803. The van der Waals surface area contributed by atoms with Crippen molar-refractivity contribution in [3.8, 4) is 0 Å². The third-order valence-corrected chi connectivity index (χ3v) is 4.61. The van der Waals surface area contributed by atoms with Crippen LogP contribution in [-0.4, -0.2) is 87.1 Å². The zero-order chi connectivity index (χ0) is 14.5. The minimum Gasteiger partial charge on any atom is -0.338 e. The quantitative estimate of drug-likeness (QED) is 0.775. The molecule has 2 heterocycles. The third kappa shape index (κ3) is 4.17. The maximum absolute atomic E-state index is 12.8. The smallest absolute Gasteiger partial charge is 0.227 e. The molecule has 0 radical (unpaired) electrons. The number of likely N-dealkylation sites (N-methyl/N-ethyl adjacent to an activating group) is 1. The van der Waals surface area contributed by atoms with Crippen LogP contribution in [0.25, 0.3) is 0 Å². The van der Waals surface area contributed by atoms with Gasteiger partial charge < -0.3 is 20.0 Å². The molecule has 0 spiro atoms. The fourth-order valence-electron chi connectivity index (χ4n) is 3.19. The number of piperidine rings is 1. The van der Waals surface area contributed by atoms with Crippen molar-refractivity contribution < 1.29 is 4.79 Å². The minimum absolute atomic E-state index is 0.205. The predicted molar refractivity (Wildman–Crippen MR) is 81.8 cm³/mol. The zero-order valence-corrected chi connectivity index (χ0v) is 13.3. The van der Waals surface area contributed by atoms with Gasteiger partial charge in [-0.25, -0.2) is 0 Å². The van der Waals surface area contributed by atoms with Crippen LogP contribution in [-0.2, 0) is 4.79 Å². The van der Waals surface area contributed by atoms with Crippen LogP contribution in [0.3, 0.4) is 0 Å². The van der Waals surface area contributed by atoms with E-state index in [2.05, 4.69) is 41.2 Å². The summed E-state index contributed by atoms with van der Waals surface area (Å²) in [6.07, 6.45) is 3.25. The fourth-order valence-corrected chi connectivity index (χ4v) is 3.19. The third-order valence-electron chi connectivity index (χ3n) is 4.61. The van der Waals surface area contributed by atoms with E-state index in [4.69, 9.17) is 0 Å². The Bertz CT molecular complexity index is 307. The molecule has 0 aliphatic carbocycles. The molecular weight excluding hydrogens is 252 g/mol. The molecule has 2 aliphatic heterocycles. The van der Waals surface area contributed by atoms with Gasteiger partial charge in [-0.05, 0) is 60.0 Å². The summed E-state index contributed by atoms with van der Waals surface area (Å²) in [6, 6.07) is 0.444. The second-order valence-corrected chi connectivity index (χ2v) is 6.56. The summed E-state index contributed by atoms with van der Waals surface area (Å²) in [6.45, 7) is 5.91. The summed E-state index contributed by atoms with van der Waals surface area (Å²) in [5.74, 6) is 0.586. The first-order chi connectivity index (χ1) is 9.58. The van der Waals surface area contributed by atoms with Crippen molar-refractivity contribution >= 4 is 5.91 Å². The highest BCUT2D eigenvalue weighted by Crippen LogP contribution is 2.20. The molecule has 2 aliphatic rings. The number of carbonyl (C=O) groups is 1. The number of nitrogens with one attached hydrogen (secondary N) is 1. The van der Waals surface area contributed by atoms with Crippen LogP contribution >= 0.6 is 0 Å². The lowest BCUT2D eigenvalue weighted by Gasteiger charge is -2.39. The van der Waals surface area contributed by atoms with E-state index in [1.54, 1.807) is 0 Å². The van der Waals surface area contributed by atoms with Crippen molar-refractivity contribution in [1.82, 2.24) is 20.0 Å². The van der Waals surface area contributed by atoms with Crippen molar-refractivity contribution in [3.05, 3.63) is 0 Å². The molecule has 1 atom stereocenters. The Morgan fingerprint density at radius 1 is 1.20 bits per heavy atom. The Hall–Kier alpha value is -0.650. The normalized spacial score (nSPS) is 25.3. The number of carbonyl (C=O) groups excluding carboxylic acids is 1. The molecular formula is C15H30N4O. The maximum Gasteiger partial charge on any atom is 0.227 e. The number of nitrogens with zero attached hydrogens (tertiary/aromatic N) is 3. The molecule has 116 valence electrons. The monoisotopic (exact) mass is 282 g/mol. The fraction of sp³-hybridized carbons (Fsp3) is 0.933. The van der Waals surface area contributed by atoms with E-state index >= 15 is 0 Å². The van der Waals surface area contributed by atoms with Crippen LogP contribution in [0.15, 0.2) is 0 Å². The summed E-state index contributed by atoms with van der Waals surface area (Å²) >= 11 is 0. The molecule has 1 unspecified atom stereocenters. The van der Waals surface area contributed by atoms with E-state index in [9.17, 15) is 4.79 Å². The first-order valence-corrected chi connectivity index (χ1v) is 7.92. The van der Waals surface area contributed by atoms with E-state index in [0.717, 1.165) is 58.5 Å². The topological polar surface area (TPSA) is 38.8 Å². The largest absolute Gasteiger partial charge is 0.338 e. The van der Waals surface area contributed by atoms with Gasteiger partial charge >= 0.3 is 0 Å². The van der Waals surface area contributed by atoms with Gasteiger partial charge in [-0.15, -0.1) is 0 Å². The van der Waals surface area contributed by atoms with Gasteiger partial charge in [0.25, 0.3) is 0 Å². The Morgan fingerprint density at radius 3 is 2.45 bits per heavy atom. The average Bonchev–Trinajstić information content (AvgIpc) is 2.94. The van der Waals surface area contributed by atoms with Gasteiger partial charge in [-0.3, -0.25) is 4.79 Å². The Labute approximate surface area is 123 Å². The molecule has 5 nitrogen and oxygen atoms in total. The zero-order valence-electron chi connectivity index (χ0n) is 13.3. The molecule has 0 aromatic rings. The molecule has 0 aromatic carbocycles. The van der Waals surface area contributed by atoms with Gasteiger partial charge in [0.05, 0.1) is 5.92 Å². The Balaban J connectivity index is 1.97. The molecule has 2 rings (SSSR count). The molecule has 1 N–H and O–H groups in total. The molecule has 2 fully saturated rings. The van der Waals surface area contributed by atoms with Gasteiger partial charge in [0.1, 0.15) is 0 Å². The van der Waals surface area contributed by atoms with Crippen molar-refractivity contribution in [1.29, 1.82) is 0 Å². The first kappa shape index (κ1) is 15.7. The molecule has 20 heavy (non-hydrogen) atoms. The van der Waals surface area contributed by atoms with Crippen molar-refractivity contribution in [3.63, 3.8) is 0 Å². The summed E-state index contributed by atoms with van der Waals surface area (Å²) < 4.78 is 0. The summed E-state index contributed by atoms with van der Waals surface area (Å²) in [4.78, 5) is 19.5. The van der Waals surface area contributed by atoms with E-state index < -0.39 is 0 Å². The SMILES string of the molecule is CN(C)CCN(C(=O)C1CCNC1)C1CCN(C)CC1. The Kier molecular flexibility index (Phi) is 5.81. The Morgan fingerprint density at radius 2 is 1.90 bits per heavy atom. The lowest BCUT2D eigenvalue weighted by Crippen LogP contribution is -2.50. The van der Waals surface area contributed by atoms with Gasteiger partial charge in [0.15, 0.2) is 0 Å². The average molecular weight is 282 g/mol. The molecule has 0 saturated carbocycles. The van der Waals surface area contributed by atoms with Gasteiger partial charge in [-0.1, -0.05) is 0 Å². The summed E-state index contributed by atoms with van der Waals surface area (Å²) in [7, 11) is 6.33. The van der Waals surface area contributed by atoms with Crippen LogP contribution in [0.1, 0.15) is 19.3 Å². The molecule has 1 amide bonds.